The molecule has 0 fully saturated rings. The van der Waals surface area contributed by atoms with Crippen molar-refractivity contribution in [3.8, 4) is 5.75 Å². The molecular weight excluding hydrogens is 288 g/mol. The fourth-order valence-corrected chi connectivity index (χ4v) is 2.99. The number of hydrogen-bond acceptors (Lipinski definition) is 4. The quantitative estimate of drug-likeness (QED) is 0.828. The molecule has 0 aliphatic rings. The van der Waals surface area contributed by atoms with Crippen LogP contribution in [0.4, 0.5) is 5.69 Å². The summed E-state index contributed by atoms with van der Waals surface area (Å²) in [6.07, 6.45) is 0. The van der Waals surface area contributed by atoms with Crippen molar-refractivity contribution in [3.05, 3.63) is 54.6 Å². The summed E-state index contributed by atoms with van der Waals surface area (Å²) in [6.45, 7) is 0.536. The summed E-state index contributed by atoms with van der Waals surface area (Å²) in [5.41, 5.74) is 6.05. The van der Waals surface area contributed by atoms with E-state index in [1.165, 1.54) is 23.5 Å². The maximum atomic E-state index is 12.3. The Kier molecular flexibility index (Phi) is 4.82. The molecule has 0 spiro atoms. The van der Waals surface area contributed by atoms with Gasteiger partial charge in [0.1, 0.15) is 12.4 Å². The minimum Gasteiger partial charge on any atom is -0.492 e. The second kappa shape index (κ2) is 6.60. The van der Waals surface area contributed by atoms with Gasteiger partial charge in [0.25, 0.3) is 0 Å². The van der Waals surface area contributed by atoms with E-state index in [4.69, 9.17) is 10.5 Å². The number of nitrogens with two attached hydrogens (primary N) is 1. The third-order valence-electron chi connectivity index (χ3n) is 2.98. The van der Waals surface area contributed by atoms with Gasteiger partial charge >= 0.3 is 0 Å². The molecule has 2 aromatic rings. The molecule has 2 N–H and O–H groups in total. The minimum atomic E-state index is -3.54. The van der Waals surface area contributed by atoms with Gasteiger partial charge in [-0.25, -0.2) is 8.42 Å². The zero-order chi connectivity index (χ0) is 15.3. The van der Waals surface area contributed by atoms with Crippen LogP contribution in [0.3, 0.4) is 0 Å². The number of para-hydroxylation sites is 1. The number of nitrogens with zero attached hydrogens (tertiary/aromatic N) is 1. The second-order valence-electron chi connectivity index (χ2n) is 4.56. The first-order valence-corrected chi connectivity index (χ1v) is 7.94. The molecule has 6 heteroatoms. The highest BCUT2D eigenvalue weighted by Crippen LogP contribution is 2.17. The van der Waals surface area contributed by atoms with E-state index in [0.29, 0.717) is 11.4 Å². The summed E-state index contributed by atoms with van der Waals surface area (Å²) in [7, 11) is -2.02. The van der Waals surface area contributed by atoms with Gasteiger partial charge in [-0.15, -0.1) is 0 Å². The number of ether oxygens (including phenoxy) is 1. The van der Waals surface area contributed by atoms with E-state index in [9.17, 15) is 8.42 Å². The van der Waals surface area contributed by atoms with Crippen LogP contribution in [-0.2, 0) is 10.0 Å². The van der Waals surface area contributed by atoms with Gasteiger partial charge in [0.05, 0.1) is 4.90 Å². The van der Waals surface area contributed by atoms with Gasteiger partial charge in [-0.05, 0) is 30.3 Å². The summed E-state index contributed by atoms with van der Waals surface area (Å²) < 4.78 is 31.4. The van der Waals surface area contributed by atoms with Gasteiger partial charge < -0.3 is 10.5 Å². The first kappa shape index (κ1) is 15.3. The lowest BCUT2D eigenvalue weighted by Gasteiger charge is -2.17. The Morgan fingerprint density at radius 2 is 1.81 bits per heavy atom. The van der Waals surface area contributed by atoms with Crippen molar-refractivity contribution in [2.24, 2.45) is 0 Å². The lowest BCUT2D eigenvalue weighted by molar-refractivity contribution is 0.287. The summed E-state index contributed by atoms with van der Waals surface area (Å²) >= 11 is 0. The standard InChI is InChI=1S/C15H18N2O3S/c1-17(10-11-20-14-7-3-2-4-8-14)21(18,19)15-9-5-6-13(16)12-15/h2-9,12H,10-11,16H2,1H3. The molecule has 0 bridgehead atoms. The Morgan fingerprint density at radius 1 is 1.10 bits per heavy atom. The number of hydrogen-bond donors (Lipinski definition) is 1. The molecule has 0 aliphatic carbocycles. The van der Waals surface area contributed by atoms with Crippen LogP contribution in [-0.4, -0.2) is 32.9 Å². The van der Waals surface area contributed by atoms with Gasteiger partial charge in [-0.1, -0.05) is 24.3 Å². The SMILES string of the molecule is CN(CCOc1ccccc1)S(=O)(=O)c1cccc(N)c1. The summed E-state index contributed by atoms with van der Waals surface area (Å²) in [5, 5.41) is 0. The highest BCUT2D eigenvalue weighted by Gasteiger charge is 2.20. The molecule has 5 nitrogen and oxygen atoms in total. The predicted molar refractivity (Wildman–Crippen MR) is 82.6 cm³/mol. The van der Waals surface area contributed by atoms with Crippen molar-refractivity contribution in [2.75, 3.05) is 25.9 Å². The Morgan fingerprint density at radius 3 is 2.48 bits per heavy atom. The Balaban J connectivity index is 1.97. The van der Waals surface area contributed by atoms with E-state index in [1.54, 1.807) is 12.1 Å². The summed E-state index contributed by atoms with van der Waals surface area (Å²) in [5.74, 6) is 0.715. The number of benzene rings is 2. The van der Waals surface area contributed by atoms with E-state index in [1.807, 2.05) is 30.3 Å². The lowest BCUT2D eigenvalue weighted by atomic mass is 10.3. The highest BCUT2D eigenvalue weighted by molar-refractivity contribution is 7.89. The van der Waals surface area contributed by atoms with Gasteiger partial charge in [0.15, 0.2) is 0 Å². The highest BCUT2D eigenvalue weighted by atomic mass is 32.2. The molecule has 2 aromatic carbocycles. The largest absolute Gasteiger partial charge is 0.492 e. The molecule has 0 amide bonds. The monoisotopic (exact) mass is 306 g/mol. The van der Waals surface area contributed by atoms with Crippen molar-refractivity contribution >= 4 is 15.7 Å². The van der Waals surface area contributed by atoms with Crippen LogP contribution >= 0.6 is 0 Å². The third-order valence-corrected chi connectivity index (χ3v) is 4.84. The van der Waals surface area contributed by atoms with Crippen LogP contribution in [0.1, 0.15) is 0 Å². The van der Waals surface area contributed by atoms with Crippen molar-refractivity contribution in [3.63, 3.8) is 0 Å². The molecule has 0 saturated carbocycles. The molecule has 0 radical (unpaired) electrons. The minimum absolute atomic E-state index is 0.185. The van der Waals surface area contributed by atoms with Gasteiger partial charge in [-0.3, -0.25) is 0 Å². The Bertz CT molecular complexity index is 687. The molecule has 0 unspecified atom stereocenters. The molecule has 112 valence electrons. The number of nitrogen functional groups attached to an aromatic ring is 1. The predicted octanol–water partition coefficient (Wildman–Crippen LogP) is 1.97. The van der Waals surface area contributed by atoms with E-state index >= 15 is 0 Å². The average molecular weight is 306 g/mol. The molecular formula is C15H18N2O3S. The molecule has 0 saturated heterocycles. The first-order valence-electron chi connectivity index (χ1n) is 6.50. The smallest absolute Gasteiger partial charge is 0.243 e. The van der Waals surface area contributed by atoms with Crippen molar-refractivity contribution < 1.29 is 13.2 Å². The van der Waals surface area contributed by atoms with Crippen LogP contribution in [0.15, 0.2) is 59.5 Å². The van der Waals surface area contributed by atoms with E-state index in [0.717, 1.165) is 0 Å². The maximum Gasteiger partial charge on any atom is 0.243 e. The third kappa shape index (κ3) is 3.96. The molecule has 0 aromatic heterocycles. The average Bonchev–Trinajstić information content (AvgIpc) is 2.48. The number of likely N-dealkylation sites (N-methyl/N-ethyl adjacent to an activating group) is 1. The van der Waals surface area contributed by atoms with E-state index in [-0.39, 0.29) is 18.0 Å². The summed E-state index contributed by atoms with van der Waals surface area (Å²) in [6, 6.07) is 15.5. The van der Waals surface area contributed by atoms with Crippen LogP contribution < -0.4 is 10.5 Å². The number of sulfonamides is 1. The van der Waals surface area contributed by atoms with E-state index < -0.39 is 10.0 Å². The molecule has 21 heavy (non-hydrogen) atoms. The molecule has 0 aliphatic heterocycles. The topological polar surface area (TPSA) is 72.6 Å². The van der Waals surface area contributed by atoms with E-state index in [2.05, 4.69) is 0 Å². The fourth-order valence-electron chi connectivity index (χ4n) is 1.78. The van der Waals surface area contributed by atoms with Crippen molar-refractivity contribution in [1.82, 2.24) is 4.31 Å². The van der Waals surface area contributed by atoms with Crippen molar-refractivity contribution in [1.29, 1.82) is 0 Å². The van der Waals surface area contributed by atoms with Crippen LogP contribution in [0, 0.1) is 0 Å². The Labute approximate surface area is 125 Å². The zero-order valence-corrected chi connectivity index (χ0v) is 12.6. The molecule has 2 rings (SSSR count). The van der Waals surface area contributed by atoms with Crippen LogP contribution in [0.5, 0.6) is 5.75 Å². The van der Waals surface area contributed by atoms with Crippen LogP contribution in [0.2, 0.25) is 0 Å². The number of rotatable bonds is 6. The molecule has 0 heterocycles. The van der Waals surface area contributed by atoms with Crippen LogP contribution in [0.25, 0.3) is 0 Å². The lowest BCUT2D eigenvalue weighted by Crippen LogP contribution is -2.31. The summed E-state index contributed by atoms with van der Waals surface area (Å²) in [4.78, 5) is 0.185. The fraction of sp³-hybridized carbons (Fsp3) is 0.200. The van der Waals surface area contributed by atoms with Gasteiger partial charge in [-0.2, -0.15) is 4.31 Å². The normalized spacial score (nSPS) is 11.5. The second-order valence-corrected chi connectivity index (χ2v) is 6.61. The van der Waals surface area contributed by atoms with Gasteiger partial charge in [0.2, 0.25) is 10.0 Å². The molecule has 0 atom stereocenters. The number of anilines is 1. The maximum absolute atomic E-state index is 12.3. The Hall–Kier alpha value is -2.05. The first-order chi connectivity index (χ1) is 10.00. The zero-order valence-electron chi connectivity index (χ0n) is 11.8. The van der Waals surface area contributed by atoms with Crippen molar-refractivity contribution in [2.45, 2.75) is 4.90 Å². The van der Waals surface area contributed by atoms with Gasteiger partial charge in [0, 0.05) is 19.3 Å².